The molecule has 0 saturated heterocycles. The number of aliphatic hydroxyl groups is 1. The fraction of sp³-hybridized carbons (Fsp3) is 0.500. The molecule has 0 saturated carbocycles. The van der Waals surface area contributed by atoms with Crippen LogP contribution in [0.3, 0.4) is 0 Å². The van der Waals surface area contributed by atoms with Gasteiger partial charge in [-0.1, -0.05) is 0 Å². The molecule has 0 atom stereocenters. The number of aliphatic hydroxyl groups excluding tert-OH is 1. The standard InChI is InChI=1S/C8H12N2OS/c1-7-9-4-3-8(10-7)12-6-2-5-11/h3-4,11H,2,5-6H2,1H3. The lowest BCUT2D eigenvalue weighted by Crippen LogP contribution is -1.90. The van der Waals surface area contributed by atoms with Crippen LogP contribution in [-0.2, 0) is 0 Å². The summed E-state index contributed by atoms with van der Waals surface area (Å²) in [7, 11) is 0. The maximum Gasteiger partial charge on any atom is 0.126 e. The van der Waals surface area contributed by atoms with Crippen molar-refractivity contribution in [3.8, 4) is 0 Å². The summed E-state index contributed by atoms with van der Waals surface area (Å²) in [5.74, 6) is 1.71. The van der Waals surface area contributed by atoms with E-state index in [0.29, 0.717) is 0 Å². The van der Waals surface area contributed by atoms with E-state index in [-0.39, 0.29) is 6.61 Å². The van der Waals surface area contributed by atoms with E-state index in [1.807, 2.05) is 13.0 Å². The molecule has 1 N–H and O–H groups in total. The number of thioether (sulfide) groups is 1. The van der Waals surface area contributed by atoms with Gasteiger partial charge in [0.2, 0.25) is 0 Å². The molecule has 0 fully saturated rings. The summed E-state index contributed by atoms with van der Waals surface area (Å²) < 4.78 is 0. The Morgan fingerprint density at radius 3 is 3.08 bits per heavy atom. The number of aryl methyl sites for hydroxylation is 1. The van der Waals surface area contributed by atoms with Crippen LogP contribution in [0.15, 0.2) is 17.3 Å². The average Bonchev–Trinajstić information content (AvgIpc) is 2.05. The van der Waals surface area contributed by atoms with Gasteiger partial charge in [-0.05, 0) is 19.4 Å². The summed E-state index contributed by atoms with van der Waals surface area (Å²) in [5, 5.41) is 9.54. The van der Waals surface area contributed by atoms with E-state index >= 15 is 0 Å². The molecular weight excluding hydrogens is 172 g/mol. The molecule has 66 valence electrons. The topological polar surface area (TPSA) is 46.0 Å². The zero-order valence-electron chi connectivity index (χ0n) is 7.03. The second kappa shape index (κ2) is 5.11. The molecule has 0 aliphatic carbocycles. The summed E-state index contributed by atoms with van der Waals surface area (Å²) >= 11 is 1.65. The molecular formula is C8H12N2OS. The number of hydrogen-bond acceptors (Lipinski definition) is 4. The summed E-state index contributed by atoms with van der Waals surface area (Å²) in [6.45, 7) is 2.12. The Labute approximate surface area is 76.2 Å². The average molecular weight is 184 g/mol. The van der Waals surface area contributed by atoms with Crippen molar-refractivity contribution in [1.29, 1.82) is 0 Å². The fourth-order valence-electron chi connectivity index (χ4n) is 0.756. The van der Waals surface area contributed by atoms with E-state index < -0.39 is 0 Å². The molecule has 0 aliphatic rings. The van der Waals surface area contributed by atoms with Crippen LogP contribution in [0.25, 0.3) is 0 Å². The molecule has 1 heterocycles. The van der Waals surface area contributed by atoms with Gasteiger partial charge in [-0.3, -0.25) is 0 Å². The van der Waals surface area contributed by atoms with Crippen molar-refractivity contribution in [3.05, 3.63) is 18.1 Å². The predicted octanol–water partition coefficient (Wildman–Crippen LogP) is 1.26. The third kappa shape index (κ3) is 3.19. The Balaban J connectivity index is 2.41. The van der Waals surface area contributed by atoms with Crippen molar-refractivity contribution in [2.75, 3.05) is 12.4 Å². The van der Waals surface area contributed by atoms with Crippen LogP contribution in [0, 0.1) is 6.92 Å². The van der Waals surface area contributed by atoms with Crippen LogP contribution in [0.2, 0.25) is 0 Å². The molecule has 4 heteroatoms. The van der Waals surface area contributed by atoms with E-state index in [1.165, 1.54) is 0 Å². The highest BCUT2D eigenvalue weighted by molar-refractivity contribution is 7.99. The lowest BCUT2D eigenvalue weighted by atomic mass is 10.5. The van der Waals surface area contributed by atoms with Gasteiger partial charge in [0.25, 0.3) is 0 Å². The summed E-state index contributed by atoms with van der Waals surface area (Å²) in [6, 6.07) is 1.88. The monoisotopic (exact) mass is 184 g/mol. The quantitative estimate of drug-likeness (QED) is 0.435. The van der Waals surface area contributed by atoms with Gasteiger partial charge in [0, 0.05) is 18.6 Å². The van der Waals surface area contributed by atoms with Gasteiger partial charge >= 0.3 is 0 Å². The van der Waals surface area contributed by atoms with E-state index in [0.717, 1.165) is 23.0 Å². The molecule has 0 amide bonds. The normalized spacial score (nSPS) is 10.2. The maximum absolute atomic E-state index is 8.55. The van der Waals surface area contributed by atoms with E-state index in [1.54, 1.807) is 18.0 Å². The predicted molar refractivity (Wildman–Crippen MR) is 49.2 cm³/mol. The first-order chi connectivity index (χ1) is 5.83. The molecule has 12 heavy (non-hydrogen) atoms. The Kier molecular flexibility index (Phi) is 4.04. The smallest absolute Gasteiger partial charge is 0.126 e. The van der Waals surface area contributed by atoms with E-state index in [4.69, 9.17) is 5.11 Å². The van der Waals surface area contributed by atoms with Crippen LogP contribution >= 0.6 is 11.8 Å². The molecule has 0 aliphatic heterocycles. The first-order valence-corrected chi connectivity index (χ1v) is 4.85. The van der Waals surface area contributed by atoms with Gasteiger partial charge in [-0.2, -0.15) is 0 Å². The highest BCUT2D eigenvalue weighted by Crippen LogP contribution is 2.14. The second-order valence-electron chi connectivity index (χ2n) is 2.37. The van der Waals surface area contributed by atoms with Gasteiger partial charge in [0.15, 0.2) is 0 Å². The van der Waals surface area contributed by atoms with E-state index in [9.17, 15) is 0 Å². The minimum Gasteiger partial charge on any atom is -0.396 e. The zero-order valence-corrected chi connectivity index (χ0v) is 7.84. The van der Waals surface area contributed by atoms with Gasteiger partial charge < -0.3 is 5.11 Å². The Morgan fingerprint density at radius 1 is 1.58 bits per heavy atom. The van der Waals surface area contributed by atoms with Crippen LogP contribution in [0.1, 0.15) is 12.2 Å². The van der Waals surface area contributed by atoms with Crippen molar-refractivity contribution < 1.29 is 5.11 Å². The van der Waals surface area contributed by atoms with Gasteiger partial charge in [-0.25, -0.2) is 9.97 Å². The second-order valence-corrected chi connectivity index (χ2v) is 3.48. The molecule has 0 spiro atoms. The number of hydrogen-bond donors (Lipinski definition) is 1. The Morgan fingerprint density at radius 2 is 2.42 bits per heavy atom. The summed E-state index contributed by atoms with van der Waals surface area (Å²) in [5.41, 5.74) is 0. The van der Waals surface area contributed by atoms with E-state index in [2.05, 4.69) is 9.97 Å². The van der Waals surface area contributed by atoms with Crippen LogP contribution < -0.4 is 0 Å². The number of rotatable bonds is 4. The number of aromatic nitrogens is 2. The minimum absolute atomic E-state index is 0.247. The summed E-state index contributed by atoms with van der Waals surface area (Å²) in [6.07, 6.45) is 2.57. The largest absolute Gasteiger partial charge is 0.396 e. The SMILES string of the molecule is Cc1nccc(SCCCO)n1. The molecule has 0 aromatic carbocycles. The van der Waals surface area contributed by atoms with Gasteiger partial charge in [0.1, 0.15) is 5.82 Å². The Bertz CT molecular complexity index is 242. The van der Waals surface area contributed by atoms with Crippen LogP contribution in [-0.4, -0.2) is 27.4 Å². The third-order valence-electron chi connectivity index (χ3n) is 1.30. The van der Waals surface area contributed by atoms with Crippen molar-refractivity contribution in [2.24, 2.45) is 0 Å². The molecule has 3 nitrogen and oxygen atoms in total. The first kappa shape index (κ1) is 9.48. The molecule has 1 aromatic rings. The van der Waals surface area contributed by atoms with Crippen LogP contribution in [0.5, 0.6) is 0 Å². The molecule has 0 bridgehead atoms. The highest BCUT2D eigenvalue weighted by Gasteiger charge is 1.95. The lowest BCUT2D eigenvalue weighted by Gasteiger charge is -1.98. The van der Waals surface area contributed by atoms with Crippen LogP contribution in [0.4, 0.5) is 0 Å². The Hall–Kier alpha value is -0.610. The fourth-order valence-corrected chi connectivity index (χ4v) is 1.59. The lowest BCUT2D eigenvalue weighted by molar-refractivity contribution is 0.296. The molecule has 1 aromatic heterocycles. The molecule has 0 unspecified atom stereocenters. The van der Waals surface area contributed by atoms with Crippen molar-refractivity contribution in [1.82, 2.24) is 9.97 Å². The maximum atomic E-state index is 8.55. The molecule has 0 radical (unpaired) electrons. The molecule has 1 rings (SSSR count). The van der Waals surface area contributed by atoms with Crippen molar-refractivity contribution >= 4 is 11.8 Å². The number of nitrogens with zero attached hydrogens (tertiary/aromatic N) is 2. The first-order valence-electron chi connectivity index (χ1n) is 3.86. The van der Waals surface area contributed by atoms with Crippen molar-refractivity contribution in [3.63, 3.8) is 0 Å². The van der Waals surface area contributed by atoms with Crippen molar-refractivity contribution in [2.45, 2.75) is 18.4 Å². The highest BCUT2D eigenvalue weighted by atomic mass is 32.2. The third-order valence-corrected chi connectivity index (χ3v) is 2.32. The van der Waals surface area contributed by atoms with Gasteiger partial charge in [0.05, 0.1) is 5.03 Å². The summed E-state index contributed by atoms with van der Waals surface area (Å²) in [4.78, 5) is 8.21. The van der Waals surface area contributed by atoms with Gasteiger partial charge in [-0.15, -0.1) is 11.8 Å². The minimum atomic E-state index is 0.247. The zero-order chi connectivity index (χ0) is 8.81.